The van der Waals surface area contributed by atoms with Gasteiger partial charge >= 0.3 is 0 Å². The van der Waals surface area contributed by atoms with Crippen LogP contribution in [0, 0.1) is 13.8 Å². The number of anilines is 1. The van der Waals surface area contributed by atoms with Crippen molar-refractivity contribution in [3.05, 3.63) is 45.9 Å². The van der Waals surface area contributed by atoms with Gasteiger partial charge in [0.05, 0.1) is 0 Å². The molecule has 0 aliphatic carbocycles. The zero-order valence-electron chi connectivity index (χ0n) is 10.2. The molecule has 2 aromatic rings. The van der Waals surface area contributed by atoms with Gasteiger partial charge in [-0.15, -0.1) is 0 Å². The van der Waals surface area contributed by atoms with Crippen molar-refractivity contribution in [2.75, 3.05) is 5.43 Å². The summed E-state index contributed by atoms with van der Waals surface area (Å²) in [7, 11) is 0. The summed E-state index contributed by atoms with van der Waals surface area (Å²) in [6.07, 6.45) is 0. The number of nitrogens with one attached hydrogen (secondary N) is 1. The molecule has 0 spiro atoms. The number of nitrogen functional groups attached to an aromatic ring is 1. The van der Waals surface area contributed by atoms with Crippen molar-refractivity contribution in [2.45, 2.75) is 13.8 Å². The Hall–Kier alpha value is -1.59. The molecule has 1 heterocycles. The lowest BCUT2D eigenvalue weighted by atomic mass is 10.1. The topological polar surface area (TPSA) is 60.2 Å². The van der Waals surface area contributed by atoms with Gasteiger partial charge in [-0.3, -0.25) is 0 Å². The van der Waals surface area contributed by atoms with E-state index in [4.69, 9.17) is 10.6 Å². The second-order valence-corrected chi connectivity index (χ2v) is 4.77. The van der Waals surface area contributed by atoms with Gasteiger partial charge in [0.2, 0.25) is 5.88 Å². The lowest BCUT2D eigenvalue weighted by Gasteiger charge is -2.09. The zero-order valence-corrected chi connectivity index (χ0v) is 11.8. The fourth-order valence-corrected chi connectivity index (χ4v) is 1.87. The fraction of sp³-hybridized carbons (Fsp3) is 0.154. The van der Waals surface area contributed by atoms with Crippen LogP contribution >= 0.6 is 15.9 Å². The van der Waals surface area contributed by atoms with Gasteiger partial charge in [0.1, 0.15) is 11.6 Å². The lowest BCUT2D eigenvalue weighted by Crippen LogP contribution is -2.08. The molecule has 0 atom stereocenters. The summed E-state index contributed by atoms with van der Waals surface area (Å²) in [6, 6.07) is 9.30. The van der Waals surface area contributed by atoms with Crippen LogP contribution in [0.2, 0.25) is 0 Å². The normalized spacial score (nSPS) is 10.2. The molecular weight excluding hydrogens is 294 g/mol. The average Bonchev–Trinajstić information content (AvgIpc) is 2.36. The largest absolute Gasteiger partial charge is 0.439 e. The first kappa shape index (κ1) is 12.9. The maximum atomic E-state index is 5.71. The van der Waals surface area contributed by atoms with Crippen LogP contribution in [0.25, 0.3) is 0 Å². The molecule has 4 nitrogen and oxygen atoms in total. The average molecular weight is 308 g/mol. The summed E-state index contributed by atoms with van der Waals surface area (Å²) in [4.78, 5) is 4.20. The Bertz CT molecular complexity index is 549. The van der Waals surface area contributed by atoms with Crippen LogP contribution in [0.3, 0.4) is 0 Å². The van der Waals surface area contributed by atoms with E-state index in [0.717, 1.165) is 21.3 Å². The van der Waals surface area contributed by atoms with Crippen molar-refractivity contribution in [2.24, 2.45) is 5.84 Å². The highest BCUT2D eigenvalue weighted by Crippen LogP contribution is 2.29. The highest BCUT2D eigenvalue weighted by molar-refractivity contribution is 9.10. The second kappa shape index (κ2) is 5.37. The van der Waals surface area contributed by atoms with Gasteiger partial charge in [0.15, 0.2) is 0 Å². The Morgan fingerprint density at radius 1 is 1.22 bits per heavy atom. The Kier molecular flexibility index (Phi) is 3.84. The minimum absolute atomic E-state index is 0.506. The van der Waals surface area contributed by atoms with E-state index in [1.807, 2.05) is 32.0 Å². The molecule has 0 amide bonds. The number of halogens is 1. The second-order valence-electron chi connectivity index (χ2n) is 3.98. The molecule has 0 saturated heterocycles. The van der Waals surface area contributed by atoms with Crippen LogP contribution in [0.1, 0.15) is 11.1 Å². The number of aryl methyl sites for hydroxylation is 2. The number of hydrazine groups is 1. The number of rotatable bonds is 3. The molecule has 5 heteroatoms. The third kappa shape index (κ3) is 2.80. The van der Waals surface area contributed by atoms with Crippen molar-refractivity contribution >= 4 is 21.7 Å². The number of nitrogens with zero attached hydrogens (tertiary/aromatic N) is 1. The Morgan fingerprint density at radius 3 is 2.50 bits per heavy atom. The van der Waals surface area contributed by atoms with E-state index < -0.39 is 0 Å². The molecular formula is C13H14BrN3O. The highest BCUT2D eigenvalue weighted by atomic mass is 79.9. The van der Waals surface area contributed by atoms with E-state index in [1.165, 1.54) is 0 Å². The van der Waals surface area contributed by atoms with E-state index in [0.29, 0.717) is 11.7 Å². The van der Waals surface area contributed by atoms with Crippen molar-refractivity contribution in [3.63, 3.8) is 0 Å². The third-order valence-corrected chi connectivity index (χ3v) is 3.75. The molecule has 1 aromatic heterocycles. The van der Waals surface area contributed by atoms with E-state index in [9.17, 15) is 0 Å². The van der Waals surface area contributed by atoms with Crippen molar-refractivity contribution in [1.29, 1.82) is 0 Å². The van der Waals surface area contributed by atoms with Crippen molar-refractivity contribution in [1.82, 2.24) is 4.98 Å². The molecule has 0 bridgehead atoms. The van der Waals surface area contributed by atoms with E-state index in [2.05, 4.69) is 26.3 Å². The number of hydrogen-bond donors (Lipinski definition) is 2. The van der Waals surface area contributed by atoms with Crippen LogP contribution in [0.4, 0.5) is 5.82 Å². The molecule has 94 valence electrons. The summed E-state index contributed by atoms with van der Waals surface area (Å²) < 4.78 is 6.81. The molecule has 2 rings (SSSR count). The summed E-state index contributed by atoms with van der Waals surface area (Å²) in [5.41, 5.74) is 4.73. The maximum Gasteiger partial charge on any atom is 0.221 e. The van der Waals surface area contributed by atoms with E-state index in [1.54, 1.807) is 12.1 Å². The van der Waals surface area contributed by atoms with Crippen molar-refractivity contribution in [3.8, 4) is 11.6 Å². The highest BCUT2D eigenvalue weighted by Gasteiger charge is 2.05. The number of pyridine rings is 1. The number of aromatic nitrogens is 1. The van der Waals surface area contributed by atoms with Gasteiger partial charge in [-0.2, -0.15) is 4.98 Å². The smallest absolute Gasteiger partial charge is 0.221 e. The molecule has 1 aromatic carbocycles. The molecule has 0 aliphatic rings. The first-order chi connectivity index (χ1) is 8.60. The summed E-state index contributed by atoms with van der Waals surface area (Å²) in [5, 5.41) is 0. The Morgan fingerprint density at radius 2 is 1.89 bits per heavy atom. The van der Waals surface area contributed by atoms with Crippen molar-refractivity contribution < 1.29 is 4.74 Å². The first-order valence-corrected chi connectivity index (χ1v) is 6.27. The predicted octanol–water partition coefficient (Wildman–Crippen LogP) is 3.54. The molecule has 0 saturated carbocycles. The van der Waals surface area contributed by atoms with Crippen LogP contribution in [-0.4, -0.2) is 4.98 Å². The SMILES string of the molecule is Cc1cc(Oc2cccc(NN)n2)cc(C)c1Br. The lowest BCUT2D eigenvalue weighted by molar-refractivity contribution is 0.463. The van der Waals surface area contributed by atoms with Gasteiger partial charge in [0, 0.05) is 10.5 Å². The summed E-state index contributed by atoms with van der Waals surface area (Å²) >= 11 is 3.52. The Labute approximate surface area is 114 Å². The maximum absolute atomic E-state index is 5.71. The van der Waals surface area contributed by atoms with Gasteiger partial charge in [-0.05, 0) is 43.2 Å². The van der Waals surface area contributed by atoms with Gasteiger partial charge in [-0.25, -0.2) is 5.84 Å². The minimum Gasteiger partial charge on any atom is -0.439 e. The number of nitrogens with two attached hydrogens (primary N) is 1. The van der Waals surface area contributed by atoms with Gasteiger partial charge < -0.3 is 10.2 Å². The number of hydrogen-bond acceptors (Lipinski definition) is 4. The first-order valence-electron chi connectivity index (χ1n) is 5.48. The molecule has 0 radical (unpaired) electrons. The van der Waals surface area contributed by atoms with E-state index in [-0.39, 0.29) is 0 Å². The molecule has 0 unspecified atom stereocenters. The Balaban J connectivity index is 2.28. The third-order valence-electron chi connectivity index (χ3n) is 2.50. The molecule has 0 aliphatic heterocycles. The van der Waals surface area contributed by atoms with Crippen LogP contribution in [0.15, 0.2) is 34.8 Å². The fourth-order valence-electron chi connectivity index (χ4n) is 1.64. The van der Waals surface area contributed by atoms with E-state index >= 15 is 0 Å². The number of ether oxygens (including phenoxy) is 1. The number of benzene rings is 1. The van der Waals surface area contributed by atoms with Gasteiger partial charge in [-0.1, -0.05) is 22.0 Å². The predicted molar refractivity (Wildman–Crippen MR) is 75.7 cm³/mol. The molecule has 3 N–H and O–H groups in total. The molecule has 18 heavy (non-hydrogen) atoms. The quantitative estimate of drug-likeness (QED) is 0.672. The minimum atomic E-state index is 0.506. The van der Waals surface area contributed by atoms with Gasteiger partial charge in [0.25, 0.3) is 0 Å². The zero-order chi connectivity index (χ0) is 13.1. The molecule has 0 fully saturated rings. The van der Waals surface area contributed by atoms with Crippen LogP contribution in [0.5, 0.6) is 11.6 Å². The monoisotopic (exact) mass is 307 g/mol. The standard InChI is InChI=1S/C13H14BrN3O/c1-8-6-10(7-9(2)13(8)14)18-12-5-3-4-11(16-12)17-15/h3-7H,15H2,1-2H3,(H,16,17). The van der Waals surface area contributed by atoms with Crippen LogP contribution < -0.4 is 16.0 Å². The van der Waals surface area contributed by atoms with Crippen LogP contribution in [-0.2, 0) is 0 Å². The summed E-state index contributed by atoms with van der Waals surface area (Å²) in [6.45, 7) is 4.05. The summed E-state index contributed by atoms with van der Waals surface area (Å²) in [5.74, 6) is 7.14.